The topological polar surface area (TPSA) is 24.5 Å². The largest absolute Gasteiger partial charge is 0.378 e. The summed E-state index contributed by atoms with van der Waals surface area (Å²) in [7, 11) is 2.23. The minimum Gasteiger partial charge on any atom is -0.378 e. The van der Waals surface area contributed by atoms with Crippen LogP contribution >= 0.6 is 0 Å². The highest BCUT2D eigenvalue weighted by atomic mass is 16.5. The first-order chi connectivity index (χ1) is 8.87. The highest BCUT2D eigenvalue weighted by Crippen LogP contribution is 2.43. The maximum atomic E-state index is 5.81. The highest BCUT2D eigenvalue weighted by molar-refractivity contribution is 5.03. The molecule has 2 atom stereocenters. The van der Waals surface area contributed by atoms with Gasteiger partial charge in [-0.2, -0.15) is 0 Å². The average Bonchev–Trinajstić information content (AvgIpc) is 2.37. The van der Waals surface area contributed by atoms with E-state index in [9.17, 15) is 0 Å². The van der Waals surface area contributed by atoms with Crippen LogP contribution in [0.3, 0.4) is 0 Å². The number of hydrogen-bond donors (Lipinski definition) is 1. The van der Waals surface area contributed by atoms with Crippen LogP contribution in [0.25, 0.3) is 0 Å². The zero-order valence-corrected chi connectivity index (χ0v) is 13.5. The molecule has 1 saturated carbocycles. The first-order valence-corrected chi connectivity index (χ1v) is 7.91. The van der Waals surface area contributed by atoms with Crippen molar-refractivity contribution in [2.24, 2.45) is 10.8 Å². The molecule has 2 unspecified atom stereocenters. The van der Waals surface area contributed by atoms with Gasteiger partial charge >= 0.3 is 0 Å². The van der Waals surface area contributed by atoms with Gasteiger partial charge in [0.25, 0.3) is 0 Å². The lowest BCUT2D eigenvalue weighted by Gasteiger charge is -2.53. The van der Waals surface area contributed by atoms with E-state index in [0.29, 0.717) is 17.6 Å². The van der Waals surface area contributed by atoms with Crippen LogP contribution in [-0.2, 0) is 4.74 Å². The van der Waals surface area contributed by atoms with Crippen molar-refractivity contribution in [3.8, 4) is 0 Å². The first kappa shape index (κ1) is 15.3. The minimum absolute atomic E-state index is 0.290. The Bertz CT molecular complexity index is 295. The summed E-state index contributed by atoms with van der Waals surface area (Å²) < 4.78 is 5.81. The average molecular weight is 268 g/mol. The van der Waals surface area contributed by atoms with Gasteiger partial charge in [0.1, 0.15) is 0 Å². The van der Waals surface area contributed by atoms with Crippen LogP contribution < -0.4 is 5.32 Å². The number of hydrogen-bond acceptors (Lipinski definition) is 3. The summed E-state index contributed by atoms with van der Waals surface area (Å²) in [5.41, 5.74) is 0.775. The summed E-state index contributed by atoms with van der Waals surface area (Å²) in [4.78, 5) is 2.44. The van der Waals surface area contributed by atoms with E-state index < -0.39 is 0 Å². The smallest absolute Gasteiger partial charge is 0.0655 e. The number of piperidine rings is 1. The van der Waals surface area contributed by atoms with Crippen LogP contribution in [0.15, 0.2) is 0 Å². The fourth-order valence-electron chi connectivity index (χ4n) is 3.42. The lowest BCUT2D eigenvalue weighted by Crippen LogP contribution is -2.62. The molecule has 2 fully saturated rings. The SMILES string of the molecule is CCOC1CC(NCC2(C)CCN(C)CC2)C1(C)C. The normalized spacial score (nSPS) is 33.9. The van der Waals surface area contributed by atoms with Crippen molar-refractivity contribution in [1.29, 1.82) is 0 Å². The molecule has 3 nitrogen and oxygen atoms in total. The first-order valence-electron chi connectivity index (χ1n) is 7.91. The van der Waals surface area contributed by atoms with Gasteiger partial charge in [-0.1, -0.05) is 20.8 Å². The molecule has 0 bridgehead atoms. The van der Waals surface area contributed by atoms with E-state index in [1.54, 1.807) is 0 Å². The van der Waals surface area contributed by atoms with Crippen LogP contribution in [0.5, 0.6) is 0 Å². The van der Waals surface area contributed by atoms with E-state index in [0.717, 1.165) is 13.2 Å². The van der Waals surface area contributed by atoms with Crippen LogP contribution in [-0.4, -0.2) is 50.3 Å². The third-order valence-corrected chi connectivity index (χ3v) is 5.51. The number of nitrogens with zero attached hydrogens (tertiary/aromatic N) is 1. The number of nitrogens with one attached hydrogen (secondary N) is 1. The summed E-state index contributed by atoms with van der Waals surface area (Å²) in [6.45, 7) is 13.7. The van der Waals surface area contributed by atoms with Gasteiger partial charge in [-0.15, -0.1) is 0 Å². The van der Waals surface area contributed by atoms with Crippen LogP contribution in [0.2, 0.25) is 0 Å². The Morgan fingerprint density at radius 1 is 1.21 bits per heavy atom. The van der Waals surface area contributed by atoms with Crippen molar-refractivity contribution in [3.63, 3.8) is 0 Å². The molecule has 112 valence electrons. The predicted octanol–water partition coefficient (Wildman–Crippen LogP) is 2.51. The van der Waals surface area contributed by atoms with Crippen molar-refractivity contribution >= 4 is 0 Å². The van der Waals surface area contributed by atoms with Crippen LogP contribution in [0, 0.1) is 10.8 Å². The van der Waals surface area contributed by atoms with Gasteiger partial charge in [-0.05, 0) is 51.7 Å². The molecule has 0 spiro atoms. The molecule has 0 radical (unpaired) electrons. The number of ether oxygens (including phenoxy) is 1. The fraction of sp³-hybridized carbons (Fsp3) is 1.00. The molecular weight excluding hydrogens is 236 g/mol. The van der Waals surface area contributed by atoms with E-state index in [1.165, 1.54) is 32.4 Å². The third-order valence-electron chi connectivity index (χ3n) is 5.51. The Morgan fingerprint density at radius 2 is 1.84 bits per heavy atom. The molecule has 1 saturated heterocycles. The fourth-order valence-corrected chi connectivity index (χ4v) is 3.42. The molecule has 0 aromatic rings. The molecule has 3 heteroatoms. The van der Waals surface area contributed by atoms with Crippen LogP contribution in [0.1, 0.15) is 47.0 Å². The summed E-state index contributed by atoms with van der Waals surface area (Å²) in [5.74, 6) is 0. The van der Waals surface area contributed by atoms with E-state index in [-0.39, 0.29) is 5.41 Å². The Balaban J connectivity index is 1.77. The van der Waals surface area contributed by atoms with Crippen molar-refractivity contribution in [2.45, 2.75) is 59.1 Å². The number of rotatable bonds is 5. The molecule has 1 N–H and O–H groups in total. The molecule has 0 aromatic carbocycles. The zero-order chi connectivity index (χ0) is 14.1. The van der Waals surface area contributed by atoms with Gasteiger partial charge in [0, 0.05) is 24.6 Å². The summed E-state index contributed by atoms with van der Waals surface area (Å²) >= 11 is 0. The van der Waals surface area contributed by atoms with E-state index >= 15 is 0 Å². The highest BCUT2D eigenvalue weighted by Gasteiger charge is 2.49. The summed E-state index contributed by atoms with van der Waals surface area (Å²) in [5, 5.41) is 3.82. The van der Waals surface area contributed by atoms with E-state index in [1.807, 2.05) is 0 Å². The summed E-state index contributed by atoms with van der Waals surface area (Å²) in [6, 6.07) is 0.625. The maximum absolute atomic E-state index is 5.81. The predicted molar refractivity (Wildman–Crippen MR) is 80.4 cm³/mol. The molecule has 2 rings (SSSR count). The number of likely N-dealkylation sites (tertiary alicyclic amines) is 1. The minimum atomic E-state index is 0.290. The quantitative estimate of drug-likeness (QED) is 0.829. The Morgan fingerprint density at radius 3 is 2.37 bits per heavy atom. The summed E-state index contributed by atoms with van der Waals surface area (Å²) in [6.07, 6.45) is 4.26. The van der Waals surface area contributed by atoms with Gasteiger partial charge in [0.2, 0.25) is 0 Å². The van der Waals surface area contributed by atoms with Crippen molar-refractivity contribution < 1.29 is 4.74 Å². The molecule has 1 aliphatic heterocycles. The maximum Gasteiger partial charge on any atom is 0.0655 e. The van der Waals surface area contributed by atoms with Gasteiger partial charge in [-0.3, -0.25) is 0 Å². The molecule has 2 aliphatic rings. The Kier molecular flexibility index (Phi) is 4.59. The van der Waals surface area contributed by atoms with Crippen molar-refractivity contribution in [1.82, 2.24) is 10.2 Å². The van der Waals surface area contributed by atoms with E-state index in [4.69, 9.17) is 4.74 Å². The van der Waals surface area contributed by atoms with Gasteiger partial charge in [0.15, 0.2) is 0 Å². The Hall–Kier alpha value is -0.120. The second kappa shape index (κ2) is 5.71. The molecular formula is C16H32N2O. The van der Waals surface area contributed by atoms with Gasteiger partial charge in [-0.25, -0.2) is 0 Å². The van der Waals surface area contributed by atoms with E-state index in [2.05, 4.69) is 45.0 Å². The molecule has 19 heavy (non-hydrogen) atoms. The standard InChI is InChI=1S/C16H32N2O/c1-6-19-14-11-13(15(14,2)3)17-12-16(4)7-9-18(5)10-8-16/h13-14,17H,6-12H2,1-5H3. The van der Waals surface area contributed by atoms with Crippen molar-refractivity contribution in [3.05, 3.63) is 0 Å². The van der Waals surface area contributed by atoms with Gasteiger partial charge < -0.3 is 15.0 Å². The zero-order valence-electron chi connectivity index (χ0n) is 13.5. The second-order valence-electron chi connectivity index (χ2n) is 7.55. The molecule has 1 heterocycles. The monoisotopic (exact) mass is 268 g/mol. The van der Waals surface area contributed by atoms with Crippen LogP contribution in [0.4, 0.5) is 0 Å². The molecule has 1 aliphatic carbocycles. The molecule has 0 aromatic heterocycles. The lowest BCUT2D eigenvalue weighted by atomic mass is 9.64. The Labute approximate surface area is 119 Å². The second-order valence-corrected chi connectivity index (χ2v) is 7.55. The van der Waals surface area contributed by atoms with Gasteiger partial charge in [0.05, 0.1) is 6.10 Å². The van der Waals surface area contributed by atoms with Crippen molar-refractivity contribution in [2.75, 3.05) is 33.3 Å². The third kappa shape index (κ3) is 3.32. The lowest BCUT2D eigenvalue weighted by molar-refractivity contribution is -0.116. The molecule has 0 amide bonds.